The molecule has 0 unspecified atom stereocenters. The van der Waals surface area contributed by atoms with Crippen molar-refractivity contribution in [1.29, 1.82) is 0 Å². The summed E-state index contributed by atoms with van der Waals surface area (Å²) in [5.41, 5.74) is 2.00. The molecule has 0 atom stereocenters. The summed E-state index contributed by atoms with van der Waals surface area (Å²) in [7, 11) is 1.88. The van der Waals surface area contributed by atoms with Gasteiger partial charge < -0.3 is 15.5 Å². The van der Waals surface area contributed by atoms with E-state index in [0.29, 0.717) is 4.47 Å². The highest BCUT2D eigenvalue weighted by Crippen LogP contribution is 2.37. The second-order valence-electron chi connectivity index (χ2n) is 3.21. The molecule has 1 rings (SSSR count). The summed E-state index contributed by atoms with van der Waals surface area (Å²) >= 11 is 3.27. The molecule has 0 aromatic heterocycles. The lowest BCUT2D eigenvalue weighted by atomic mass is 10.0. The van der Waals surface area contributed by atoms with Gasteiger partial charge in [0, 0.05) is 0 Å². The zero-order chi connectivity index (χ0) is 10.7. The monoisotopic (exact) mass is 259 g/mol. The van der Waals surface area contributed by atoms with Crippen molar-refractivity contribution in [3.63, 3.8) is 0 Å². The second-order valence-corrected chi connectivity index (χ2v) is 4.00. The average molecular weight is 260 g/mol. The molecule has 0 spiro atoms. The van der Waals surface area contributed by atoms with Gasteiger partial charge in [0.25, 0.3) is 0 Å². The molecule has 14 heavy (non-hydrogen) atoms. The molecule has 0 saturated carbocycles. The van der Waals surface area contributed by atoms with Crippen molar-refractivity contribution in [2.45, 2.75) is 13.3 Å². The summed E-state index contributed by atoms with van der Waals surface area (Å²) < 4.78 is 0.588. The van der Waals surface area contributed by atoms with Crippen molar-refractivity contribution in [3.8, 4) is 11.5 Å². The standard InChI is InChI=1S/C10H14BrNO2/c1-6-5-8(13)10(14)9(11)7(6)3-4-12-2/h5,12-14H,3-4H2,1-2H3. The van der Waals surface area contributed by atoms with E-state index in [-0.39, 0.29) is 11.5 Å². The first kappa shape index (κ1) is 11.3. The van der Waals surface area contributed by atoms with Crippen molar-refractivity contribution >= 4 is 15.9 Å². The normalized spacial score (nSPS) is 10.5. The number of benzene rings is 1. The lowest BCUT2D eigenvalue weighted by molar-refractivity contribution is 0.400. The smallest absolute Gasteiger partial charge is 0.172 e. The molecule has 3 N–H and O–H groups in total. The molecule has 0 bridgehead atoms. The minimum absolute atomic E-state index is 0.0809. The Morgan fingerprint density at radius 2 is 2.07 bits per heavy atom. The van der Waals surface area contributed by atoms with Gasteiger partial charge in [-0.15, -0.1) is 0 Å². The molecule has 3 nitrogen and oxygen atoms in total. The van der Waals surface area contributed by atoms with Crippen molar-refractivity contribution in [2.24, 2.45) is 0 Å². The zero-order valence-electron chi connectivity index (χ0n) is 8.26. The predicted octanol–water partition coefficient (Wildman–Crippen LogP) is 1.93. The van der Waals surface area contributed by atoms with Crippen LogP contribution in [0, 0.1) is 6.92 Å². The quantitative estimate of drug-likeness (QED) is 0.728. The number of rotatable bonds is 3. The Bertz CT molecular complexity index is 339. The molecule has 1 aromatic rings. The van der Waals surface area contributed by atoms with Crippen LogP contribution in [0.5, 0.6) is 11.5 Å². The molecule has 0 radical (unpaired) electrons. The number of phenols is 2. The Kier molecular flexibility index (Phi) is 3.77. The van der Waals surface area contributed by atoms with Crippen LogP contribution in [0.3, 0.4) is 0 Å². The van der Waals surface area contributed by atoms with Gasteiger partial charge in [-0.1, -0.05) is 0 Å². The van der Waals surface area contributed by atoms with E-state index in [2.05, 4.69) is 21.2 Å². The number of halogens is 1. The Morgan fingerprint density at radius 1 is 1.43 bits per heavy atom. The maximum Gasteiger partial charge on any atom is 0.172 e. The van der Waals surface area contributed by atoms with E-state index in [1.807, 2.05) is 14.0 Å². The van der Waals surface area contributed by atoms with Crippen molar-refractivity contribution in [2.75, 3.05) is 13.6 Å². The molecule has 0 aliphatic carbocycles. The van der Waals surface area contributed by atoms with E-state index in [9.17, 15) is 10.2 Å². The highest BCUT2D eigenvalue weighted by molar-refractivity contribution is 9.10. The lowest BCUT2D eigenvalue weighted by Crippen LogP contribution is -2.11. The molecular formula is C10H14BrNO2. The van der Waals surface area contributed by atoms with Crippen molar-refractivity contribution in [3.05, 3.63) is 21.7 Å². The van der Waals surface area contributed by atoms with E-state index < -0.39 is 0 Å². The van der Waals surface area contributed by atoms with E-state index in [0.717, 1.165) is 24.1 Å². The molecule has 0 fully saturated rings. The second kappa shape index (κ2) is 4.66. The SMILES string of the molecule is CNCCc1c(C)cc(O)c(O)c1Br. The first-order valence-electron chi connectivity index (χ1n) is 4.42. The fraction of sp³-hybridized carbons (Fsp3) is 0.400. The molecular weight excluding hydrogens is 246 g/mol. The van der Waals surface area contributed by atoms with E-state index >= 15 is 0 Å². The van der Waals surface area contributed by atoms with E-state index in [4.69, 9.17) is 0 Å². The Labute approximate surface area is 91.9 Å². The number of aromatic hydroxyl groups is 2. The zero-order valence-corrected chi connectivity index (χ0v) is 9.85. The Morgan fingerprint density at radius 3 is 2.64 bits per heavy atom. The number of hydrogen-bond donors (Lipinski definition) is 3. The lowest BCUT2D eigenvalue weighted by Gasteiger charge is -2.11. The number of nitrogens with one attached hydrogen (secondary N) is 1. The summed E-state index contributed by atoms with van der Waals surface area (Å²) in [6.07, 6.45) is 0.816. The summed E-state index contributed by atoms with van der Waals surface area (Å²) in [6.45, 7) is 2.75. The van der Waals surface area contributed by atoms with E-state index in [1.165, 1.54) is 0 Å². The van der Waals surface area contributed by atoms with Gasteiger partial charge in [-0.3, -0.25) is 0 Å². The number of phenolic OH excluding ortho intramolecular Hbond substituents is 2. The van der Waals surface area contributed by atoms with Gasteiger partial charge in [0.15, 0.2) is 11.5 Å². The molecule has 78 valence electrons. The van der Waals surface area contributed by atoms with Crippen LogP contribution in [0.15, 0.2) is 10.5 Å². The number of hydrogen-bond acceptors (Lipinski definition) is 3. The molecule has 0 aliphatic rings. The minimum atomic E-state index is -0.0818. The molecule has 0 saturated heterocycles. The van der Waals surface area contributed by atoms with Crippen LogP contribution in [-0.2, 0) is 6.42 Å². The topological polar surface area (TPSA) is 52.5 Å². The third-order valence-electron chi connectivity index (χ3n) is 2.17. The Balaban J connectivity index is 3.09. The largest absolute Gasteiger partial charge is 0.504 e. The van der Waals surface area contributed by atoms with Crippen LogP contribution in [0.25, 0.3) is 0 Å². The van der Waals surface area contributed by atoms with Gasteiger partial charge in [-0.25, -0.2) is 0 Å². The average Bonchev–Trinajstić information content (AvgIpc) is 2.14. The van der Waals surface area contributed by atoms with Gasteiger partial charge >= 0.3 is 0 Å². The van der Waals surface area contributed by atoms with Crippen LogP contribution in [0.1, 0.15) is 11.1 Å². The van der Waals surface area contributed by atoms with Crippen molar-refractivity contribution in [1.82, 2.24) is 5.32 Å². The highest BCUT2D eigenvalue weighted by Gasteiger charge is 2.12. The number of aryl methyl sites for hydroxylation is 1. The van der Waals surface area contributed by atoms with Gasteiger partial charge in [0.2, 0.25) is 0 Å². The fourth-order valence-corrected chi connectivity index (χ4v) is 2.06. The number of likely N-dealkylation sites (N-methyl/N-ethyl adjacent to an activating group) is 1. The van der Waals surface area contributed by atoms with Crippen LogP contribution >= 0.6 is 15.9 Å². The highest BCUT2D eigenvalue weighted by atomic mass is 79.9. The molecule has 1 aromatic carbocycles. The summed E-state index contributed by atoms with van der Waals surface area (Å²) in [4.78, 5) is 0. The van der Waals surface area contributed by atoms with Crippen molar-refractivity contribution < 1.29 is 10.2 Å². The van der Waals surface area contributed by atoms with Gasteiger partial charge in [-0.05, 0) is 60.1 Å². The third kappa shape index (κ3) is 2.19. The first-order valence-corrected chi connectivity index (χ1v) is 5.21. The molecule has 0 heterocycles. The van der Waals surface area contributed by atoms with Gasteiger partial charge in [0.1, 0.15) is 0 Å². The van der Waals surface area contributed by atoms with Crippen LogP contribution in [0.2, 0.25) is 0 Å². The maximum absolute atomic E-state index is 9.49. The fourth-order valence-electron chi connectivity index (χ4n) is 1.35. The minimum Gasteiger partial charge on any atom is -0.504 e. The van der Waals surface area contributed by atoms with Crippen LogP contribution in [0.4, 0.5) is 0 Å². The molecule has 0 amide bonds. The summed E-state index contributed by atoms with van der Waals surface area (Å²) in [5.74, 6) is -0.163. The predicted molar refractivity (Wildman–Crippen MR) is 59.8 cm³/mol. The third-order valence-corrected chi connectivity index (χ3v) is 3.02. The Hall–Kier alpha value is -0.740. The molecule has 0 aliphatic heterocycles. The van der Waals surface area contributed by atoms with Crippen LogP contribution < -0.4 is 5.32 Å². The van der Waals surface area contributed by atoms with Gasteiger partial charge in [-0.2, -0.15) is 0 Å². The van der Waals surface area contributed by atoms with Gasteiger partial charge in [0.05, 0.1) is 4.47 Å². The summed E-state index contributed by atoms with van der Waals surface area (Å²) in [6, 6.07) is 1.57. The first-order chi connectivity index (χ1) is 6.57. The molecule has 4 heteroatoms. The maximum atomic E-state index is 9.49. The van der Waals surface area contributed by atoms with E-state index in [1.54, 1.807) is 6.07 Å². The summed E-state index contributed by atoms with van der Waals surface area (Å²) in [5, 5.41) is 21.9. The van der Waals surface area contributed by atoms with Crippen LogP contribution in [-0.4, -0.2) is 23.8 Å².